The number of aryl methyl sites for hydroxylation is 3. The summed E-state index contributed by atoms with van der Waals surface area (Å²) < 4.78 is 2.01. The molecule has 0 saturated carbocycles. The molecule has 0 fully saturated rings. The number of rotatable bonds is 2. The van der Waals surface area contributed by atoms with E-state index >= 15 is 0 Å². The molecule has 0 radical (unpaired) electrons. The van der Waals surface area contributed by atoms with Gasteiger partial charge in [0.15, 0.2) is 0 Å². The molecule has 3 heteroatoms. The lowest BCUT2D eigenvalue weighted by Crippen LogP contribution is -1.92. The summed E-state index contributed by atoms with van der Waals surface area (Å²) in [5.41, 5.74) is 4.46. The molecule has 88 valence electrons. The zero-order valence-electron chi connectivity index (χ0n) is 10.2. The first-order valence-electron chi connectivity index (χ1n) is 5.46. The summed E-state index contributed by atoms with van der Waals surface area (Å²) in [6, 6.07) is 6.26. The quantitative estimate of drug-likeness (QED) is 0.804. The molecule has 0 unspecified atom stereocenters. The van der Waals surface area contributed by atoms with E-state index in [4.69, 9.17) is 5.11 Å². The predicted octanol–water partition coefficient (Wildman–Crippen LogP) is 2.89. The summed E-state index contributed by atoms with van der Waals surface area (Å²) >= 11 is 0. The molecule has 0 atom stereocenters. The fourth-order valence-corrected chi connectivity index (χ4v) is 2.12. The van der Waals surface area contributed by atoms with Gasteiger partial charge in [-0.25, -0.2) is 4.79 Å². The molecule has 0 amide bonds. The van der Waals surface area contributed by atoms with E-state index in [1.54, 1.807) is 6.08 Å². The van der Waals surface area contributed by atoms with Crippen LogP contribution in [0.15, 0.2) is 24.3 Å². The van der Waals surface area contributed by atoms with Gasteiger partial charge in [0.2, 0.25) is 0 Å². The topological polar surface area (TPSA) is 42.2 Å². The van der Waals surface area contributed by atoms with Crippen LogP contribution < -0.4 is 0 Å². The van der Waals surface area contributed by atoms with Crippen molar-refractivity contribution in [2.75, 3.05) is 0 Å². The van der Waals surface area contributed by atoms with E-state index in [0.29, 0.717) is 0 Å². The molecule has 0 aliphatic carbocycles. The van der Waals surface area contributed by atoms with Crippen molar-refractivity contribution < 1.29 is 9.90 Å². The van der Waals surface area contributed by atoms with Crippen LogP contribution in [0.4, 0.5) is 0 Å². The number of carboxylic acids is 1. The molecule has 0 aliphatic rings. The van der Waals surface area contributed by atoms with Crippen LogP contribution in [0.25, 0.3) is 17.0 Å². The van der Waals surface area contributed by atoms with Crippen molar-refractivity contribution in [3.8, 4) is 0 Å². The first-order chi connectivity index (χ1) is 7.99. The van der Waals surface area contributed by atoms with E-state index in [9.17, 15) is 4.79 Å². The number of benzene rings is 1. The van der Waals surface area contributed by atoms with Gasteiger partial charge in [0.25, 0.3) is 0 Å². The first-order valence-corrected chi connectivity index (χ1v) is 5.46. The Hall–Kier alpha value is -2.03. The van der Waals surface area contributed by atoms with Gasteiger partial charge in [-0.3, -0.25) is 0 Å². The standard InChI is InChI=1S/C14H15NO2/c1-9-6-10(2)12-8-11(4-5-14(16)17)15(3)13(12)7-9/h4-8H,1-3H3,(H,16,17)/b5-4+. The van der Waals surface area contributed by atoms with Gasteiger partial charge in [-0.15, -0.1) is 0 Å². The van der Waals surface area contributed by atoms with Crippen LogP contribution in [0.3, 0.4) is 0 Å². The van der Waals surface area contributed by atoms with Crippen LogP contribution in [-0.2, 0) is 11.8 Å². The maximum atomic E-state index is 10.5. The minimum Gasteiger partial charge on any atom is -0.478 e. The molecule has 17 heavy (non-hydrogen) atoms. The number of carboxylic acid groups (broad SMARTS) is 1. The Bertz CT molecular complexity index is 621. The van der Waals surface area contributed by atoms with Crippen LogP contribution in [0.2, 0.25) is 0 Å². The molecule has 0 spiro atoms. The molecule has 0 aliphatic heterocycles. The Kier molecular flexibility index (Phi) is 2.76. The van der Waals surface area contributed by atoms with E-state index < -0.39 is 5.97 Å². The van der Waals surface area contributed by atoms with Gasteiger partial charge in [0, 0.05) is 29.7 Å². The number of hydrogen-bond donors (Lipinski definition) is 1. The average molecular weight is 229 g/mol. The normalized spacial score (nSPS) is 11.5. The number of aliphatic carboxylic acids is 1. The molecule has 0 saturated heterocycles. The second-order valence-electron chi connectivity index (χ2n) is 4.31. The number of fused-ring (bicyclic) bond motifs is 1. The number of aromatic nitrogens is 1. The lowest BCUT2D eigenvalue weighted by atomic mass is 10.1. The first kappa shape index (κ1) is 11.5. The highest BCUT2D eigenvalue weighted by Crippen LogP contribution is 2.24. The Morgan fingerprint density at radius 3 is 2.65 bits per heavy atom. The zero-order valence-corrected chi connectivity index (χ0v) is 10.2. The van der Waals surface area contributed by atoms with Crippen molar-refractivity contribution in [2.45, 2.75) is 13.8 Å². The Morgan fingerprint density at radius 2 is 2.00 bits per heavy atom. The second kappa shape index (κ2) is 4.09. The largest absolute Gasteiger partial charge is 0.478 e. The summed E-state index contributed by atoms with van der Waals surface area (Å²) in [4.78, 5) is 10.5. The van der Waals surface area contributed by atoms with Crippen LogP contribution in [0, 0.1) is 13.8 Å². The molecule has 1 aromatic heterocycles. The van der Waals surface area contributed by atoms with Crippen LogP contribution >= 0.6 is 0 Å². The molecule has 1 heterocycles. The number of carbonyl (C=O) groups is 1. The van der Waals surface area contributed by atoms with Crippen molar-refractivity contribution in [1.82, 2.24) is 4.57 Å². The van der Waals surface area contributed by atoms with Gasteiger partial charge in [-0.05, 0) is 43.2 Å². The van der Waals surface area contributed by atoms with Crippen LogP contribution in [-0.4, -0.2) is 15.6 Å². The highest BCUT2D eigenvalue weighted by molar-refractivity contribution is 5.90. The van der Waals surface area contributed by atoms with Gasteiger partial charge in [0.05, 0.1) is 0 Å². The monoisotopic (exact) mass is 229 g/mol. The van der Waals surface area contributed by atoms with Crippen molar-refractivity contribution in [1.29, 1.82) is 0 Å². The maximum Gasteiger partial charge on any atom is 0.328 e. The van der Waals surface area contributed by atoms with Gasteiger partial charge in [-0.2, -0.15) is 0 Å². The SMILES string of the molecule is Cc1cc(C)c2cc(/C=C/C(=O)O)n(C)c2c1. The Balaban J connectivity index is 2.64. The van der Waals surface area contributed by atoms with Crippen LogP contribution in [0.1, 0.15) is 16.8 Å². The van der Waals surface area contributed by atoms with Crippen LogP contribution in [0.5, 0.6) is 0 Å². The second-order valence-corrected chi connectivity index (χ2v) is 4.31. The molecule has 1 aromatic carbocycles. The third-order valence-corrected chi connectivity index (χ3v) is 2.95. The Labute approximate surface area is 100.0 Å². The van der Waals surface area contributed by atoms with E-state index in [1.165, 1.54) is 16.5 Å². The maximum absolute atomic E-state index is 10.5. The predicted molar refractivity (Wildman–Crippen MR) is 69.1 cm³/mol. The molecule has 0 bridgehead atoms. The molecule has 2 aromatic rings. The fourth-order valence-electron chi connectivity index (χ4n) is 2.12. The molecular weight excluding hydrogens is 214 g/mol. The lowest BCUT2D eigenvalue weighted by molar-refractivity contribution is -0.131. The van der Waals surface area contributed by atoms with Gasteiger partial charge in [0.1, 0.15) is 0 Å². The van der Waals surface area contributed by atoms with E-state index in [2.05, 4.69) is 26.0 Å². The van der Waals surface area contributed by atoms with E-state index in [0.717, 1.165) is 17.3 Å². The summed E-state index contributed by atoms with van der Waals surface area (Å²) in [6.07, 6.45) is 2.79. The molecule has 3 nitrogen and oxygen atoms in total. The van der Waals surface area contributed by atoms with Crippen molar-refractivity contribution in [3.05, 3.63) is 41.1 Å². The molecule has 1 N–H and O–H groups in total. The average Bonchev–Trinajstić information content (AvgIpc) is 2.54. The minimum absolute atomic E-state index is 0.899. The minimum atomic E-state index is -0.928. The zero-order chi connectivity index (χ0) is 12.6. The summed E-state index contributed by atoms with van der Waals surface area (Å²) in [5.74, 6) is -0.928. The Morgan fingerprint density at radius 1 is 1.29 bits per heavy atom. The van der Waals surface area contributed by atoms with Crippen molar-refractivity contribution >= 4 is 22.9 Å². The number of nitrogens with zero attached hydrogens (tertiary/aromatic N) is 1. The van der Waals surface area contributed by atoms with Crippen molar-refractivity contribution in [3.63, 3.8) is 0 Å². The molecular formula is C14H15NO2. The fraction of sp³-hybridized carbons (Fsp3) is 0.214. The lowest BCUT2D eigenvalue weighted by Gasteiger charge is -2.02. The smallest absolute Gasteiger partial charge is 0.328 e. The summed E-state index contributed by atoms with van der Waals surface area (Å²) in [6.45, 7) is 4.13. The van der Waals surface area contributed by atoms with Gasteiger partial charge in [-0.1, -0.05) is 6.07 Å². The van der Waals surface area contributed by atoms with Gasteiger partial charge >= 0.3 is 5.97 Å². The summed E-state index contributed by atoms with van der Waals surface area (Å²) in [5, 5.41) is 9.81. The highest BCUT2D eigenvalue weighted by atomic mass is 16.4. The third kappa shape index (κ3) is 2.09. The highest BCUT2D eigenvalue weighted by Gasteiger charge is 2.06. The summed E-state index contributed by atoms with van der Waals surface area (Å²) in [7, 11) is 1.95. The number of hydrogen-bond acceptors (Lipinski definition) is 1. The van der Waals surface area contributed by atoms with E-state index in [-0.39, 0.29) is 0 Å². The molecule has 2 rings (SSSR count). The third-order valence-electron chi connectivity index (χ3n) is 2.95. The van der Waals surface area contributed by atoms with E-state index in [1.807, 2.05) is 17.7 Å². The van der Waals surface area contributed by atoms with Gasteiger partial charge < -0.3 is 9.67 Å². The van der Waals surface area contributed by atoms with Crippen molar-refractivity contribution in [2.24, 2.45) is 7.05 Å².